The molecule has 2 aromatic rings. The fraction of sp³-hybridized carbons (Fsp3) is 0.421. The van der Waals surface area contributed by atoms with E-state index in [1.54, 1.807) is 12.4 Å². The van der Waals surface area contributed by atoms with Crippen LogP contribution in [0.25, 0.3) is 0 Å². The van der Waals surface area contributed by atoms with Gasteiger partial charge >= 0.3 is 0 Å². The molecular formula is C19H20N2O3. The van der Waals surface area contributed by atoms with E-state index in [-0.39, 0.29) is 6.10 Å². The van der Waals surface area contributed by atoms with E-state index in [0.717, 1.165) is 30.3 Å². The van der Waals surface area contributed by atoms with Crippen molar-refractivity contribution in [2.75, 3.05) is 13.3 Å². The molecule has 2 fully saturated rings. The number of benzene rings is 1. The van der Waals surface area contributed by atoms with Crippen LogP contribution in [0.3, 0.4) is 0 Å². The molecule has 1 aliphatic carbocycles. The van der Waals surface area contributed by atoms with Crippen LogP contribution in [0.5, 0.6) is 17.2 Å². The number of hydrogen-bond acceptors (Lipinski definition) is 5. The maximum absolute atomic E-state index is 6.26. The summed E-state index contributed by atoms with van der Waals surface area (Å²) in [6, 6.07) is 10.7. The molecular weight excluding hydrogens is 304 g/mol. The summed E-state index contributed by atoms with van der Waals surface area (Å²) >= 11 is 0. The lowest BCUT2D eigenvalue weighted by molar-refractivity contribution is 0.141. The van der Waals surface area contributed by atoms with Gasteiger partial charge in [-0.25, -0.2) is 0 Å². The number of nitrogens with zero attached hydrogens (tertiary/aromatic N) is 2. The third-order valence-corrected chi connectivity index (χ3v) is 5.34. The Morgan fingerprint density at radius 1 is 1.17 bits per heavy atom. The molecule has 0 amide bonds. The van der Waals surface area contributed by atoms with Crippen molar-refractivity contribution < 1.29 is 14.2 Å². The normalized spacial score (nSPS) is 27.6. The first-order chi connectivity index (χ1) is 11.9. The largest absolute Gasteiger partial charge is 0.487 e. The summed E-state index contributed by atoms with van der Waals surface area (Å²) in [5, 5.41) is 0. The van der Waals surface area contributed by atoms with Crippen molar-refractivity contribution in [1.82, 2.24) is 9.88 Å². The van der Waals surface area contributed by atoms with Crippen molar-refractivity contribution in [2.24, 2.45) is 5.92 Å². The van der Waals surface area contributed by atoms with Crippen LogP contribution < -0.4 is 14.2 Å². The summed E-state index contributed by atoms with van der Waals surface area (Å²) < 4.78 is 17.1. The molecule has 2 aliphatic heterocycles. The molecule has 1 aromatic carbocycles. The summed E-state index contributed by atoms with van der Waals surface area (Å²) in [5.41, 5.74) is 1.27. The van der Waals surface area contributed by atoms with E-state index in [4.69, 9.17) is 14.2 Å². The second kappa shape index (κ2) is 5.67. The zero-order valence-electron chi connectivity index (χ0n) is 13.4. The topological polar surface area (TPSA) is 43.8 Å². The number of ether oxygens (including phenoxy) is 3. The SMILES string of the molecule is c1cncc(OC2C3CCC2N(Cc2ccc4c(c2)OCO4)C3)c1. The smallest absolute Gasteiger partial charge is 0.231 e. The van der Waals surface area contributed by atoms with Crippen molar-refractivity contribution in [3.05, 3.63) is 48.3 Å². The average molecular weight is 324 g/mol. The maximum atomic E-state index is 6.26. The van der Waals surface area contributed by atoms with Crippen molar-refractivity contribution in [3.63, 3.8) is 0 Å². The van der Waals surface area contributed by atoms with Crippen LogP contribution in [-0.2, 0) is 6.54 Å². The van der Waals surface area contributed by atoms with E-state index in [1.807, 2.05) is 18.2 Å². The molecule has 0 spiro atoms. The van der Waals surface area contributed by atoms with Gasteiger partial charge in [0, 0.05) is 31.2 Å². The van der Waals surface area contributed by atoms with Crippen LogP contribution in [0, 0.1) is 5.92 Å². The summed E-state index contributed by atoms with van der Waals surface area (Å²) in [7, 11) is 0. The van der Waals surface area contributed by atoms with Gasteiger partial charge in [0.1, 0.15) is 11.9 Å². The van der Waals surface area contributed by atoms with Crippen LogP contribution in [0.15, 0.2) is 42.7 Å². The van der Waals surface area contributed by atoms with Gasteiger partial charge in [-0.15, -0.1) is 0 Å². The lowest BCUT2D eigenvalue weighted by atomic mass is 10.1. The summed E-state index contributed by atoms with van der Waals surface area (Å²) in [4.78, 5) is 6.70. The summed E-state index contributed by atoms with van der Waals surface area (Å²) in [6.07, 6.45) is 6.33. The molecule has 3 unspecified atom stereocenters. The molecule has 0 radical (unpaired) electrons. The average Bonchev–Trinajstić information content (AvgIpc) is 3.30. The number of likely N-dealkylation sites (tertiary alicyclic amines) is 1. The minimum atomic E-state index is 0.281. The van der Waals surface area contributed by atoms with Crippen LogP contribution in [0.1, 0.15) is 18.4 Å². The predicted octanol–water partition coefficient (Wildman–Crippen LogP) is 2.85. The monoisotopic (exact) mass is 324 g/mol. The number of rotatable bonds is 4. The predicted molar refractivity (Wildman–Crippen MR) is 88.1 cm³/mol. The molecule has 3 heterocycles. The third-order valence-electron chi connectivity index (χ3n) is 5.34. The molecule has 5 nitrogen and oxygen atoms in total. The van der Waals surface area contributed by atoms with Gasteiger partial charge in [-0.1, -0.05) is 6.07 Å². The Labute approximate surface area is 141 Å². The zero-order valence-corrected chi connectivity index (χ0v) is 13.4. The fourth-order valence-corrected chi connectivity index (χ4v) is 4.25. The minimum Gasteiger partial charge on any atom is -0.487 e. The van der Waals surface area contributed by atoms with E-state index < -0.39 is 0 Å². The number of hydrogen-bond donors (Lipinski definition) is 0. The van der Waals surface area contributed by atoms with E-state index in [1.165, 1.54) is 18.4 Å². The first-order valence-corrected chi connectivity index (χ1v) is 8.56. The van der Waals surface area contributed by atoms with Gasteiger partial charge in [0.15, 0.2) is 11.5 Å². The Morgan fingerprint density at radius 3 is 3.04 bits per heavy atom. The fourth-order valence-electron chi connectivity index (χ4n) is 4.25. The number of pyridine rings is 1. The number of piperidine rings is 1. The molecule has 1 aromatic heterocycles. The maximum Gasteiger partial charge on any atom is 0.231 e. The van der Waals surface area contributed by atoms with Crippen LogP contribution in [0.4, 0.5) is 0 Å². The van der Waals surface area contributed by atoms with Gasteiger partial charge in [-0.05, 0) is 42.7 Å². The van der Waals surface area contributed by atoms with Crippen LogP contribution >= 0.6 is 0 Å². The zero-order chi connectivity index (χ0) is 15.9. The highest BCUT2D eigenvalue weighted by atomic mass is 16.7. The lowest BCUT2D eigenvalue weighted by Gasteiger charge is -2.27. The van der Waals surface area contributed by atoms with Crippen molar-refractivity contribution in [3.8, 4) is 17.2 Å². The molecule has 24 heavy (non-hydrogen) atoms. The molecule has 124 valence electrons. The Kier molecular flexibility index (Phi) is 3.33. The number of aromatic nitrogens is 1. The first-order valence-electron chi connectivity index (χ1n) is 8.56. The van der Waals surface area contributed by atoms with Crippen LogP contribution in [0.2, 0.25) is 0 Å². The van der Waals surface area contributed by atoms with Gasteiger partial charge in [0.05, 0.1) is 6.20 Å². The standard InChI is InChI=1S/C19H20N2O3/c1-2-15(9-20-7-1)24-19-14-4-5-16(19)21(11-14)10-13-3-6-17-18(8-13)23-12-22-17/h1-3,6-9,14,16,19H,4-5,10-12H2. The van der Waals surface area contributed by atoms with Gasteiger partial charge in [0.2, 0.25) is 6.79 Å². The van der Waals surface area contributed by atoms with E-state index >= 15 is 0 Å². The van der Waals surface area contributed by atoms with Crippen LogP contribution in [-0.4, -0.2) is 35.4 Å². The molecule has 5 heteroatoms. The Morgan fingerprint density at radius 2 is 2.12 bits per heavy atom. The Hall–Kier alpha value is -2.27. The molecule has 0 N–H and O–H groups in total. The van der Waals surface area contributed by atoms with Crippen molar-refractivity contribution in [2.45, 2.75) is 31.5 Å². The van der Waals surface area contributed by atoms with E-state index in [0.29, 0.717) is 18.8 Å². The highest BCUT2D eigenvalue weighted by Crippen LogP contribution is 2.41. The summed E-state index contributed by atoms with van der Waals surface area (Å²) in [5.74, 6) is 3.20. The summed E-state index contributed by atoms with van der Waals surface area (Å²) in [6.45, 7) is 2.36. The highest BCUT2D eigenvalue weighted by Gasteiger charge is 2.48. The number of fused-ring (bicyclic) bond motifs is 3. The van der Waals surface area contributed by atoms with Gasteiger partial charge in [0.25, 0.3) is 0 Å². The quantitative estimate of drug-likeness (QED) is 0.865. The molecule has 3 atom stereocenters. The van der Waals surface area contributed by atoms with Gasteiger partial charge in [-0.3, -0.25) is 9.88 Å². The van der Waals surface area contributed by atoms with E-state index in [2.05, 4.69) is 22.0 Å². The molecule has 2 bridgehead atoms. The third kappa shape index (κ3) is 2.40. The molecule has 3 aliphatic rings. The van der Waals surface area contributed by atoms with Crippen molar-refractivity contribution in [1.29, 1.82) is 0 Å². The first kappa shape index (κ1) is 14.1. The second-order valence-corrected chi connectivity index (χ2v) is 6.79. The van der Waals surface area contributed by atoms with Gasteiger partial charge < -0.3 is 14.2 Å². The molecule has 1 saturated carbocycles. The Balaban J connectivity index is 1.30. The van der Waals surface area contributed by atoms with E-state index in [9.17, 15) is 0 Å². The second-order valence-electron chi connectivity index (χ2n) is 6.79. The molecule has 1 saturated heterocycles. The van der Waals surface area contributed by atoms with Gasteiger partial charge in [-0.2, -0.15) is 0 Å². The minimum absolute atomic E-state index is 0.281. The Bertz CT molecular complexity index is 737. The van der Waals surface area contributed by atoms with Crippen molar-refractivity contribution >= 4 is 0 Å². The highest BCUT2D eigenvalue weighted by molar-refractivity contribution is 5.44. The molecule has 5 rings (SSSR count). The lowest BCUT2D eigenvalue weighted by Crippen LogP contribution is -2.35.